The van der Waals surface area contributed by atoms with Crippen molar-refractivity contribution in [2.45, 2.75) is 58.3 Å². The Balaban J connectivity index is 4.90. The van der Waals surface area contributed by atoms with Crippen LogP contribution in [0.5, 0.6) is 0 Å². The van der Waals surface area contributed by atoms with Crippen LogP contribution in [0.2, 0.25) is 0 Å². The van der Waals surface area contributed by atoms with Gasteiger partial charge < -0.3 is 26.8 Å². The number of nitrogens with one attached hydrogen (secondary N) is 3. The van der Waals surface area contributed by atoms with Crippen molar-refractivity contribution in [1.29, 1.82) is 0 Å². The molecule has 4 atom stereocenters. The molecule has 0 saturated heterocycles. The Bertz CT molecular complexity index is 513. The average molecular weight is 391 g/mol. The summed E-state index contributed by atoms with van der Waals surface area (Å²) in [5.41, 5.74) is 5.51. The first-order valence-electron chi connectivity index (χ1n) is 8.39. The molecule has 0 aromatic heterocycles. The largest absolute Gasteiger partial charge is 0.480 e. The van der Waals surface area contributed by atoms with Crippen molar-refractivity contribution in [3.63, 3.8) is 0 Å². The number of carbonyl (C=O) groups is 4. The summed E-state index contributed by atoms with van der Waals surface area (Å²) in [6.45, 7) is 6.30. The lowest BCUT2D eigenvalue weighted by molar-refractivity contribution is -0.143. The van der Waals surface area contributed by atoms with Crippen LogP contribution >= 0.6 is 11.8 Å². The van der Waals surface area contributed by atoms with Gasteiger partial charge in [-0.1, -0.05) is 13.8 Å². The minimum atomic E-state index is -1.14. The number of carboxylic acids is 1. The predicted octanol–water partition coefficient (Wildman–Crippen LogP) is -0.698. The van der Waals surface area contributed by atoms with E-state index in [1.165, 1.54) is 25.6 Å². The average Bonchev–Trinajstić information content (AvgIpc) is 2.54. The number of hydrogen-bond donors (Lipinski definition) is 5. The molecule has 3 amide bonds. The van der Waals surface area contributed by atoms with Gasteiger partial charge in [0, 0.05) is 0 Å². The van der Waals surface area contributed by atoms with E-state index < -0.39 is 47.9 Å². The first-order chi connectivity index (χ1) is 12.0. The molecule has 4 unspecified atom stereocenters. The third-order valence-electron chi connectivity index (χ3n) is 3.64. The Hall–Kier alpha value is -1.81. The maximum absolute atomic E-state index is 12.4. The highest BCUT2D eigenvalue weighted by molar-refractivity contribution is 7.98. The fourth-order valence-corrected chi connectivity index (χ4v) is 2.45. The molecule has 0 spiro atoms. The Kier molecular flexibility index (Phi) is 10.9. The maximum Gasteiger partial charge on any atom is 0.326 e. The summed E-state index contributed by atoms with van der Waals surface area (Å²) in [5, 5.41) is 16.6. The second kappa shape index (κ2) is 11.7. The van der Waals surface area contributed by atoms with Gasteiger partial charge in [0.15, 0.2) is 0 Å². The molecular weight excluding hydrogens is 360 g/mol. The van der Waals surface area contributed by atoms with Crippen LogP contribution in [0.15, 0.2) is 0 Å². The molecule has 26 heavy (non-hydrogen) atoms. The second-order valence-corrected chi connectivity index (χ2v) is 7.42. The third kappa shape index (κ3) is 8.52. The van der Waals surface area contributed by atoms with Crippen LogP contribution in [-0.2, 0) is 19.2 Å². The van der Waals surface area contributed by atoms with Crippen LogP contribution in [0.25, 0.3) is 0 Å². The number of aliphatic carboxylic acids is 1. The number of hydrogen-bond acceptors (Lipinski definition) is 6. The lowest BCUT2D eigenvalue weighted by Crippen LogP contribution is -2.56. The lowest BCUT2D eigenvalue weighted by atomic mass is 10.0. The minimum Gasteiger partial charge on any atom is -0.480 e. The van der Waals surface area contributed by atoms with Crippen molar-refractivity contribution in [2.75, 3.05) is 12.0 Å². The minimum absolute atomic E-state index is 0.306. The zero-order valence-corrected chi connectivity index (χ0v) is 16.7. The number of thioether (sulfide) groups is 1. The molecule has 0 radical (unpaired) electrons. The van der Waals surface area contributed by atoms with Crippen molar-refractivity contribution in [3.8, 4) is 0 Å². The first kappa shape index (κ1) is 24.2. The molecule has 10 heteroatoms. The Morgan fingerprint density at radius 3 is 1.96 bits per heavy atom. The lowest BCUT2D eigenvalue weighted by Gasteiger charge is -2.24. The third-order valence-corrected chi connectivity index (χ3v) is 4.28. The van der Waals surface area contributed by atoms with Gasteiger partial charge in [-0.3, -0.25) is 14.4 Å². The van der Waals surface area contributed by atoms with E-state index in [0.717, 1.165) is 0 Å². The van der Waals surface area contributed by atoms with Crippen molar-refractivity contribution in [2.24, 2.45) is 11.7 Å². The smallest absolute Gasteiger partial charge is 0.326 e. The molecule has 0 aromatic carbocycles. The molecule has 0 heterocycles. The SMILES string of the molecule is CSCCC(NC(=O)C(C)N)C(=O)NC(C)C(=O)NC(C(=O)O)C(C)C. The fourth-order valence-electron chi connectivity index (χ4n) is 1.98. The fraction of sp³-hybridized carbons (Fsp3) is 0.750. The summed E-state index contributed by atoms with van der Waals surface area (Å²) >= 11 is 1.52. The Labute approximate surface area is 158 Å². The zero-order chi connectivity index (χ0) is 20.4. The van der Waals surface area contributed by atoms with Crippen LogP contribution in [0, 0.1) is 5.92 Å². The molecule has 0 bridgehead atoms. The van der Waals surface area contributed by atoms with Gasteiger partial charge in [0.25, 0.3) is 0 Å². The van der Waals surface area contributed by atoms with Crippen molar-refractivity contribution >= 4 is 35.5 Å². The number of carboxylic acid groups (broad SMARTS) is 1. The van der Waals surface area contributed by atoms with E-state index in [0.29, 0.717) is 12.2 Å². The molecule has 0 fully saturated rings. The van der Waals surface area contributed by atoms with E-state index in [2.05, 4.69) is 16.0 Å². The predicted molar refractivity (Wildman–Crippen MR) is 101 cm³/mol. The van der Waals surface area contributed by atoms with Crippen molar-refractivity contribution < 1.29 is 24.3 Å². The highest BCUT2D eigenvalue weighted by Gasteiger charge is 2.28. The van der Waals surface area contributed by atoms with Gasteiger partial charge in [0.05, 0.1) is 6.04 Å². The molecule has 0 aliphatic rings. The maximum atomic E-state index is 12.4. The van der Waals surface area contributed by atoms with Crippen molar-refractivity contribution in [3.05, 3.63) is 0 Å². The van der Waals surface area contributed by atoms with Gasteiger partial charge in [-0.15, -0.1) is 0 Å². The number of nitrogens with two attached hydrogens (primary N) is 1. The molecular formula is C16H30N4O5S. The summed E-state index contributed by atoms with van der Waals surface area (Å²) < 4.78 is 0. The van der Waals surface area contributed by atoms with Gasteiger partial charge in [-0.2, -0.15) is 11.8 Å². The van der Waals surface area contributed by atoms with Gasteiger partial charge in [0.1, 0.15) is 18.1 Å². The zero-order valence-electron chi connectivity index (χ0n) is 15.9. The molecule has 150 valence electrons. The van der Waals surface area contributed by atoms with Gasteiger partial charge in [-0.05, 0) is 38.2 Å². The second-order valence-electron chi connectivity index (χ2n) is 6.43. The summed E-state index contributed by atoms with van der Waals surface area (Å²) in [6, 6.07) is -3.58. The Morgan fingerprint density at radius 2 is 1.54 bits per heavy atom. The normalized spacial score (nSPS) is 15.5. The molecule has 0 aliphatic carbocycles. The van der Waals surface area contributed by atoms with Crippen LogP contribution in [-0.4, -0.2) is 65.0 Å². The van der Waals surface area contributed by atoms with Gasteiger partial charge in [-0.25, -0.2) is 4.79 Å². The standard InChI is InChI=1S/C16H30N4O5S/c1-8(2)12(16(24)25)20-14(22)10(4)18-15(23)11(6-7-26-5)19-13(21)9(3)17/h8-12H,6-7,17H2,1-5H3,(H,18,23)(H,19,21)(H,20,22)(H,24,25). The molecule has 9 nitrogen and oxygen atoms in total. The Morgan fingerprint density at radius 1 is 0.962 bits per heavy atom. The number of carbonyl (C=O) groups excluding carboxylic acids is 3. The molecule has 0 saturated carbocycles. The van der Waals surface area contributed by atoms with E-state index in [1.54, 1.807) is 13.8 Å². The highest BCUT2D eigenvalue weighted by atomic mass is 32.2. The molecule has 0 rings (SSSR count). The number of amides is 3. The quantitative estimate of drug-likeness (QED) is 0.313. The summed E-state index contributed by atoms with van der Waals surface area (Å²) in [4.78, 5) is 47.5. The van der Waals surface area contributed by atoms with Crippen LogP contribution in [0.1, 0.15) is 34.1 Å². The van der Waals surface area contributed by atoms with E-state index in [1.807, 2.05) is 6.26 Å². The highest BCUT2D eigenvalue weighted by Crippen LogP contribution is 2.04. The molecule has 6 N–H and O–H groups in total. The summed E-state index contributed by atoms with van der Waals surface area (Å²) in [5.74, 6) is -2.41. The van der Waals surface area contributed by atoms with E-state index >= 15 is 0 Å². The van der Waals surface area contributed by atoms with E-state index in [9.17, 15) is 19.2 Å². The monoisotopic (exact) mass is 390 g/mol. The van der Waals surface area contributed by atoms with E-state index in [-0.39, 0.29) is 5.92 Å². The van der Waals surface area contributed by atoms with Crippen LogP contribution in [0.4, 0.5) is 0 Å². The molecule has 0 aliphatic heterocycles. The van der Waals surface area contributed by atoms with E-state index in [4.69, 9.17) is 10.8 Å². The van der Waals surface area contributed by atoms with Gasteiger partial charge in [0.2, 0.25) is 17.7 Å². The number of rotatable bonds is 11. The van der Waals surface area contributed by atoms with Crippen LogP contribution < -0.4 is 21.7 Å². The van der Waals surface area contributed by atoms with Crippen LogP contribution in [0.3, 0.4) is 0 Å². The molecule has 0 aromatic rings. The summed E-state index contributed by atoms with van der Waals surface area (Å²) in [6.07, 6.45) is 2.25. The summed E-state index contributed by atoms with van der Waals surface area (Å²) in [7, 11) is 0. The first-order valence-corrected chi connectivity index (χ1v) is 9.79. The van der Waals surface area contributed by atoms with Gasteiger partial charge >= 0.3 is 5.97 Å². The van der Waals surface area contributed by atoms with Crippen molar-refractivity contribution in [1.82, 2.24) is 16.0 Å². The topological polar surface area (TPSA) is 151 Å².